The number of rotatable bonds is 6. The molecule has 30 heavy (non-hydrogen) atoms. The number of azide groups is 1. The lowest BCUT2D eigenvalue weighted by Crippen LogP contribution is -2.52. The Morgan fingerprint density at radius 2 is 1.70 bits per heavy atom. The molecule has 0 aliphatic heterocycles. The minimum absolute atomic E-state index is 0.214. The highest BCUT2D eigenvalue weighted by molar-refractivity contribution is 5.18. The van der Waals surface area contributed by atoms with Crippen LogP contribution in [0.4, 0.5) is 0 Å². The highest BCUT2D eigenvalue weighted by Crippen LogP contribution is 2.67. The van der Waals surface area contributed by atoms with E-state index in [-0.39, 0.29) is 6.04 Å². The summed E-state index contributed by atoms with van der Waals surface area (Å²) in [5, 5.41) is 4.09. The zero-order valence-electron chi connectivity index (χ0n) is 20.2. The second-order valence-corrected chi connectivity index (χ2v) is 12.5. The molecule has 3 fully saturated rings. The molecule has 4 aliphatic rings. The van der Waals surface area contributed by atoms with E-state index in [0.717, 1.165) is 48.3 Å². The molecule has 0 radical (unpaired) electrons. The highest BCUT2D eigenvalue weighted by atomic mass is 15.1. The van der Waals surface area contributed by atoms with Crippen LogP contribution in [0.1, 0.15) is 98.8 Å². The number of hydrogen-bond acceptors (Lipinski definition) is 1. The largest absolute Gasteiger partial charge is 0.0906 e. The first-order valence-electron chi connectivity index (χ1n) is 13.0. The molecule has 0 bridgehead atoms. The van der Waals surface area contributed by atoms with Crippen molar-refractivity contribution in [2.75, 3.05) is 0 Å². The zero-order valence-corrected chi connectivity index (χ0v) is 20.2. The minimum Gasteiger partial charge on any atom is -0.0906 e. The van der Waals surface area contributed by atoms with Gasteiger partial charge in [-0.05, 0) is 103 Å². The molecule has 3 saturated carbocycles. The lowest BCUT2D eigenvalue weighted by Gasteiger charge is -2.59. The second-order valence-electron chi connectivity index (χ2n) is 12.5. The smallest absolute Gasteiger partial charge is 0.0380 e. The molecule has 168 valence electrons. The van der Waals surface area contributed by atoms with E-state index >= 15 is 0 Å². The molecular weight excluding hydrogens is 366 g/mol. The van der Waals surface area contributed by atoms with Crippen molar-refractivity contribution in [3.63, 3.8) is 0 Å². The summed E-state index contributed by atoms with van der Waals surface area (Å²) < 4.78 is 0. The first-order valence-corrected chi connectivity index (χ1v) is 13.0. The quantitative estimate of drug-likeness (QED) is 0.182. The van der Waals surface area contributed by atoms with Gasteiger partial charge in [0.15, 0.2) is 0 Å². The van der Waals surface area contributed by atoms with Gasteiger partial charge >= 0.3 is 0 Å². The minimum atomic E-state index is 0.214. The second kappa shape index (κ2) is 8.53. The highest BCUT2D eigenvalue weighted by Gasteiger charge is 2.59. The molecule has 3 nitrogen and oxygen atoms in total. The zero-order chi connectivity index (χ0) is 21.5. The van der Waals surface area contributed by atoms with Gasteiger partial charge in [0.05, 0.1) is 0 Å². The van der Waals surface area contributed by atoms with E-state index in [1.54, 1.807) is 0 Å². The van der Waals surface area contributed by atoms with Gasteiger partial charge < -0.3 is 0 Å². The summed E-state index contributed by atoms with van der Waals surface area (Å²) in [6.07, 6.45) is 18.6. The van der Waals surface area contributed by atoms with Crippen LogP contribution in [0.3, 0.4) is 0 Å². The summed E-state index contributed by atoms with van der Waals surface area (Å²) in [4.78, 5) is 3.11. The van der Waals surface area contributed by atoms with Crippen molar-refractivity contribution in [1.29, 1.82) is 0 Å². The van der Waals surface area contributed by atoms with Crippen molar-refractivity contribution in [1.82, 2.24) is 0 Å². The van der Waals surface area contributed by atoms with Crippen LogP contribution >= 0.6 is 0 Å². The molecule has 1 unspecified atom stereocenters. The van der Waals surface area contributed by atoms with Crippen molar-refractivity contribution in [2.24, 2.45) is 57.4 Å². The molecule has 9 atom stereocenters. The van der Waals surface area contributed by atoms with E-state index in [4.69, 9.17) is 5.53 Å². The van der Waals surface area contributed by atoms with E-state index < -0.39 is 0 Å². The van der Waals surface area contributed by atoms with Crippen LogP contribution in [0.5, 0.6) is 0 Å². The third kappa shape index (κ3) is 3.74. The van der Waals surface area contributed by atoms with Gasteiger partial charge in [-0.3, -0.25) is 0 Å². The maximum absolute atomic E-state index is 8.89. The SMILES string of the molecule is CC(C)CCC[C@@H](C)[C@H]1CC[C@H]2[C@@H]3C=C[C@H]4CC(N=[N+]=[N-])CC[C@]4(C)[C@H]3CC[C@]12C. The van der Waals surface area contributed by atoms with Crippen LogP contribution in [-0.2, 0) is 0 Å². The predicted octanol–water partition coefficient (Wildman–Crippen LogP) is 8.56. The van der Waals surface area contributed by atoms with Gasteiger partial charge in [0.25, 0.3) is 0 Å². The third-order valence-corrected chi connectivity index (χ3v) is 10.6. The van der Waals surface area contributed by atoms with Crippen LogP contribution < -0.4 is 0 Å². The van der Waals surface area contributed by atoms with Crippen LogP contribution in [-0.4, -0.2) is 6.04 Å². The van der Waals surface area contributed by atoms with Crippen molar-refractivity contribution < 1.29 is 0 Å². The molecule has 4 rings (SSSR count). The third-order valence-electron chi connectivity index (χ3n) is 10.6. The number of allylic oxidation sites excluding steroid dienone is 2. The molecule has 0 aromatic rings. The van der Waals surface area contributed by atoms with Gasteiger partial charge in [-0.15, -0.1) is 0 Å². The molecule has 3 heteroatoms. The van der Waals surface area contributed by atoms with E-state index in [1.165, 1.54) is 51.4 Å². The average Bonchev–Trinajstić information content (AvgIpc) is 3.05. The summed E-state index contributed by atoms with van der Waals surface area (Å²) in [6.45, 7) is 12.5. The Labute approximate surface area is 185 Å². The van der Waals surface area contributed by atoms with Crippen LogP contribution in [0.2, 0.25) is 0 Å². The Morgan fingerprint density at radius 3 is 2.43 bits per heavy atom. The normalized spacial score (nSPS) is 45.9. The van der Waals surface area contributed by atoms with E-state index in [9.17, 15) is 0 Å². The Balaban J connectivity index is 1.49. The maximum atomic E-state index is 8.89. The van der Waals surface area contributed by atoms with Crippen LogP contribution in [0.25, 0.3) is 10.4 Å². The summed E-state index contributed by atoms with van der Waals surface area (Å²) in [7, 11) is 0. The average molecular weight is 412 g/mol. The molecule has 4 aliphatic carbocycles. The standard InChI is InChI=1S/C27H45N3/c1-18(2)7-6-8-19(3)23-11-12-24-22-10-9-20-17-21(29-30-28)13-15-26(20,4)25(22)14-16-27(23,24)5/h9-10,18-25H,6-8,11-17H2,1-5H3/t19-,20+,21?,22+,23-,24+,25+,26+,27-/m1/s1. The van der Waals surface area contributed by atoms with Gasteiger partial charge in [-0.1, -0.05) is 71.1 Å². The summed E-state index contributed by atoms with van der Waals surface area (Å²) in [5.41, 5.74) is 9.86. The molecular formula is C27H45N3. The first-order chi connectivity index (χ1) is 14.3. The first kappa shape index (κ1) is 22.3. The summed E-state index contributed by atoms with van der Waals surface area (Å²) in [6, 6.07) is 0.214. The molecule has 0 aromatic carbocycles. The van der Waals surface area contributed by atoms with Crippen molar-refractivity contribution in [3.8, 4) is 0 Å². The fourth-order valence-corrected chi connectivity index (χ4v) is 8.80. The Bertz CT molecular complexity index is 692. The summed E-state index contributed by atoms with van der Waals surface area (Å²) >= 11 is 0. The molecule has 0 saturated heterocycles. The number of nitrogens with zero attached hydrogens (tertiary/aromatic N) is 3. The molecule has 0 amide bonds. The molecule has 0 heterocycles. The summed E-state index contributed by atoms with van der Waals surface area (Å²) in [5.74, 6) is 5.77. The topological polar surface area (TPSA) is 48.8 Å². The lowest BCUT2D eigenvalue weighted by atomic mass is 9.46. The van der Waals surface area contributed by atoms with Crippen molar-refractivity contribution >= 4 is 0 Å². The monoisotopic (exact) mass is 411 g/mol. The van der Waals surface area contributed by atoms with Crippen LogP contribution in [0, 0.1) is 52.3 Å². The molecule has 0 N–H and O–H groups in total. The fourth-order valence-electron chi connectivity index (χ4n) is 8.80. The van der Waals surface area contributed by atoms with Crippen LogP contribution in [0.15, 0.2) is 17.3 Å². The van der Waals surface area contributed by atoms with Crippen molar-refractivity contribution in [2.45, 2.75) is 105 Å². The van der Waals surface area contributed by atoms with Gasteiger partial charge in [-0.2, -0.15) is 0 Å². The maximum Gasteiger partial charge on any atom is 0.0380 e. The van der Waals surface area contributed by atoms with Gasteiger partial charge in [-0.25, -0.2) is 0 Å². The Kier molecular flexibility index (Phi) is 6.33. The Hall–Kier alpha value is -0.950. The van der Waals surface area contributed by atoms with E-state index in [2.05, 4.69) is 56.8 Å². The number of fused-ring (bicyclic) bond motifs is 5. The molecule has 0 spiro atoms. The van der Waals surface area contributed by atoms with E-state index in [0.29, 0.717) is 16.7 Å². The fraction of sp³-hybridized carbons (Fsp3) is 0.926. The number of hydrogen-bond donors (Lipinski definition) is 0. The lowest BCUT2D eigenvalue weighted by molar-refractivity contribution is -0.0664. The predicted molar refractivity (Wildman–Crippen MR) is 126 cm³/mol. The van der Waals surface area contributed by atoms with Crippen molar-refractivity contribution in [3.05, 3.63) is 22.6 Å². The van der Waals surface area contributed by atoms with Gasteiger partial charge in [0.2, 0.25) is 0 Å². The van der Waals surface area contributed by atoms with E-state index in [1.807, 2.05) is 0 Å². The Morgan fingerprint density at radius 1 is 0.967 bits per heavy atom. The van der Waals surface area contributed by atoms with Gasteiger partial charge in [0, 0.05) is 11.0 Å². The van der Waals surface area contributed by atoms with Gasteiger partial charge in [0.1, 0.15) is 0 Å². The molecule has 0 aromatic heterocycles.